The summed E-state index contributed by atoms with van der Waals surface area (Å²) >= 11 is 10.6. The zero-order valence-electron chi connectivity index (χ0n) is 29.7. The molecule has 2 amide bonds. The summed E-state index contributed by atoms with van der Waals surface area (Å²) in [7, 11) is 0. The molecule has 0 saturated heterocycles. The van der Waals surface area contributed by atoms with Crippen LogP contribution in [0.1, 0.15) is 150 Å². The van der Waals surface area contributed by atoms with Crippen LogP contribution in [0.25, 0.3) is 0 Å². The van der Waals surface area contributed by atoms with Gasteiger partial charge in [-0.1, -0.05) is 100 Å². The van der Waals surface area contributed by atoms with Crippen LogP contribution in [0.2, 0.25) is 0 Å². The molecule has 0 saturated carbocycles. The molecule has 2 aromatic carbocycles. The molecule has 0 heterocycles. The molecule has 0 aromatic heterocycles. The van der Waals surface area contributed by atoms with Crippen LogP contribution in [-0.4, -0.2) is 41.7 Å². The van der Waals surface area contributed by atoms with Crippen molar-refractivity contribution in [1.82, 2.24) is 0 Å². The Kier molecular flexibility index (Phi) is 18.0. The predicted molar refractivity (Wildman–Crippen MR) is 210 cm³/mol. The number of ether oxygens (including phenoxy) is 2. The van der Waals surface area contributed by atoms with Crippen molar-refractivity contribution in [1.29, 1.82) is 0 Å². The lowest BCUT2D eigenvalue weighted by molar-refractivity contribution is 0.0683. The van der Waals surface area contributed by atoms with Gasteiger partial charge in [0.2, 0.25) is 0 Å². The van der Waals surface area contributed by atoms with Crippen LogP contribution in [0.15, 0.2) is 24.3 Å². The summed E-state index contributed by atoms with van der Waals surface area (Å²) in [6.07, 6.45) is 7.24. The average Bonchev–Trinajstić information content (AvgIpc) is 3.04. The molecule has 10 nitrogen and oxygen atoms in total. The second kappa shape index (κ2) is 21.4. The number of phenolic OH excluding ortho intramolecular Hbond substituents is 4. The van der Waals surface area contributed by atoms with Gasteiger partial charge in [-0.15, -0.1) is 0 Å². The zero-order chi connectivity index (χ0) is 37.7. The van der Waals surface area contributed by atoms with Crippen LogP contribution >= 0.6 is 47.8 Å². The number of carbonyl (C=O) groups is 2. The first-order valence-electron chi connectivity index (χ1n) is 18.1. The van der Waals surface area contributed by atoms with Crippen molar-refractivity contribution in [3.05, 3.63) is 46.5 Å². The summed E-state index contributed by atoms with van der Waals surface area (Å²) in [6, 6.07) is 6.34. The highest BCUT2D eigenvalue weighted by molar-refractivity contribution is 9.24. The number of carbonyl (C=O) groups excluding carboxylic acids is 2. The smallest absolute Gasteiger partial charge is 0.405 e. The Bertz CT molecular complexity index is 1380. The first-order chi connectivity index (χ1) is 24.2. The monoisotopic (exact) mass is 904 g/mol. The summed E-state index contributed by atoms with van der Waals surface area (Å²) in [6.45, 7) is 3.89. The van der Waals surface area contributed by atoms with E-state index >= 15 is 0 Å². The largest absolute Gasteiger partial charge is 0.508 e. The molecular formula is C38H55Br3N2O8. The predicted octanol–water partition coefficient (Wildman–Crippen LogP) is 10.9. The van der Waals surface area contributed by atoms with E-state index in [2.05, 4.69) is 47.8 Å². The van der Waals surface area contributed by atoms with E-state index in [0.717, 1.165) is 69.5 Å². The maximum absolute atomic E-state index is 12.0. The van der Waals surface area contributed by atoms with Crippen LogP contribution < -0.4 is 11.5 Å². The van der Waals surface area contributed by atoms with Crippen molar-refractivity contribution in [3.63, 3.8) is 0 Å². The second-order valence-corrected chi connectivity index (χ2v) is 18.3. The topological polar surface area (TPSA) is 186 Å². The minimum atomic E-state index is -0.938. The lowest BCUT2D eigenvalue weighted by atomic mass is 9.83. The standard InChI is InChI=1S/C38H55Br3N2O8/c1-22-10-3-5-12-24(14-7-8-17-39)33-28(44)18-26(19-29(33)45)35(50-37(42)48)23(2)11-4-6-13-25(15-9-16-32(40)41)34-30(46)20-27(21-31(34)47)36(22)51-38(43)49/h18-25,32,35-36,44-47H,3-17H2,1-2H3,(H2,42,48)(H2,43,49)/t22-,23-,24+,25+,35+,36+/m0/s1. The van der Waals surface area contributed by atoms with Gasteiger partial charge in [-0.25, -0.2) is 9.59 Å². The van der Waals surface area contributed by atoms with Crippen LogP contribution in [0.5, 0.6) is 23.0 Å². The Morgan fingerprint density at radius 3 is 1.41 bits per heavy atom. The number of halogens is 3. The second-order valence-electron chi connectivity index (χ2n) is 14.1. The van der Waals surface area contributed by atoms with E-state index in [4.69, 9.17) is 20.9 Å². The molecule has 0 aliphatic heterocycles. The third kappa shape index (κ3) is 13.2. The molecule has 6 atom stereocenters. The van der Waals surface area contributed by atoms with Gasteiger partial charge in [-0.05, 0) is 99.3 Å². The van der Waals surface area contributed by atoms with Crippen LogP contribution in [0, 0.1) is 11.8 Å². The maximum Gasteiger partial charge on any atom is 0.405 e. The molecular weight excluding hydrogens is 852 g/mol. The van der Waals surface area contributed by atoms with E-state index in [9.17, 15) is 30.0 Å². The molecule has 0 spiro atoms. The molecule has 0 radical (unpaired) electrons. The van der Waals surface area contributed by atoms with E-state index in [0.29, 0.717) is 47.9 Å². The number of benzene rings is 2. The Balaban J connectivity index is 2.04. The number of amides is 2. The molecule has 0 fully saturated rings. The molecule has 286 valence electrons. The molecule has 8 N–H and O–H groups in total. The first kappa shape index (κ1) is 43.0. The number of unbranched alkanes of at least 4 members (excludes halogenated alkanes) is 1. The van der Waals surface area contributed by atoms with Gasteiger partial charge in [0.15, 0.2) is 0 Å². The van der Waals surface area contributed by atoms with E-state index in [-0.39, 0.29) is 50.4 Å². The van der Waals surface area contributed by atoms with Gasteiger partial charge < -0.3 is 41.4 Å². The Hall–Kier alpha value is -2.38. The highest BCUT2D eigenvalue weighted by Gasteiger charge is 2.30. The van der Waals surface area contributed by atoms with Crippen LogP contribution in [-0.2, 0) is 9.47 Å². The van der Waals surface area contributed by atoms with Gasteiger partial charge in [-0.2, -0.15) is 0 Å². The molecule has 4 aliphatic rings. The van der Waals surface area contributed by atoms with Crippen molar-refractivity contribution < 1.29 is 39.5 Å². The average molecular weight is 908 g/mol. The van der Waals surface area contributed by atoms with Crippen molar-refractivity contribution in [2.24, 2.45) is 23.3 Å². The SMILES string of the molecule is C[C@H]1CCCC[C@H](CCCCBr)c2c(O)cc(cc2O)[C@H](OC(N)=O)[C@@H](C)CCCC[C@H](CCCC(Br)Br)c2c(O)cc(cc2O)[C@@H]1OC(N)=O. The summed E-state index contributed by atoms with van der Waals surface area (Å²) in [4.78, 5) is 24.1. The van der Waals surface area contributed by atoms with E-state index in [1.165, 1.54) is 0 Å². The summed E-state index contributed by atoms with van der Waals surface area (Å²) in [5.74, 6) is -0.832. The fourth-order valence-electron chi connectivity index (χ4n) is 7.62. The zero-order valence-corrected chi connectivity index (χ0v) is 34.4. The van der Waals surface area contributed by atoms with E-state index < -0.39 is 24.4 Å². The third-order valence-electron chi connectivity index (χ3n) is 10.1. The van der Waals surface area contributed by atoms with Crippen LogP contribution in [0.3, 0.4) is 0 Å². The molecule has 0 unspecified atom stereocenters. The third-order valence-corrected chi connectivity index (χ3v) is 11.6. The number of primary amides is 2. The van der Waals surface area contributed by atoms with E-state index in [1.54, 1.807) is 24.3 Å². The van der Waals surface area contributed by atoms with Crippen molar-refractivity contribution in [2.75, 3.05) is 5.33 Å². The van der Waals surface area contributed by atoms with Gasteiger partial charge in [0, 0.05) is 27.6 Å². The number of nitrogens with two attached hydrogens (primary N) is 2. The first-order valence-corrected chi connectivity index (χ1v) is 21.1. The minimum Gasteiger partial charge on any atom is -0.508 e. The van der Waals surface area contributed by atoms with Gasteiger partial charge >= 0.3 is 12.2 Å². The quantitative estimate of drug-likeness (QED) is 0.100. The highest BCUT2D eigenvalue weighted by atomic mass is 79.9. The molecule has 4 aliphatic carbocycles. The molecule has 2 aromatic rings. The summed E-state index contributed by atoms with van der Waals surface area (Å²) < 4.78 is 11.3. The number of aromatic hydroxyl groups is 4. The van der Waals surface area contributed by atoms with Crippen molar-refractivity contribution >= 4 is 60.0 Å². The van der Waals surface area contributed by atoms with Gasteiger partial charge in [-0.3, -0.25) is 0 Å². The van der Waals surface area contributed by atoms with Gasteiger partial charge in [0.25, 0.3) is 0 Å². The number of hydrogen-bond acceptors (Lipinski definition) is 8. The molecule has 4 bridgehead atoms. The molecule has 13 heteroatoms. The Labute approximate surface area is 327 Å². The number of hydrogen-bond donors (Lipinski definition) is 6. The fourth-order valence-corrected chi connectivity index (χ4v) is 8.66. The van der Waals surface area contributed by atoms with E-state index in [1.807, 2.05) is 13.8 Å². The van der Waals surface area contributed by atoms with Crippen molar-refractivity contribution in [3.8, 4) is 23.0 Å². The van der Waals surface area contributed by atoms with Crippen LogP contribution in [0.4, 0.5) is 9.59 Å². The summed E-state index contributed by atoms with van der Waals surface area (Å²) in [5, 5.41) is 46.3. The number of alkyl halides is 3. The van der Waals surface area contributed by atoms with Gasteiger partial charge in [0.1, 0.15) is 35.2 Å². The normalized spacial score (nSPS) is 23.7. The Morgan fingerprint density at radius 1 is 0.686 bits per heavy atom. The number of phenols is 4. The fraction of sp³-hybridized carbons (Fsp3) is 0.632. The molecule has 51 heavy (non-hydrogen) atoms. The highest BCUT2D eigenvalue weighted by Crippen LogP contribution is 2.46. The summed E-state index contributed by atoms with van der Waals surface area (Å²) in [5.41, 5.74) is 12.9. The number of rotatable bonds is 10. The van der Waals surface area contributed by atoms with Crippen molar-refractivity contribution in [2.45, 2.75) is 132 Å². The lowest BCUT2D eigenvalue weighted by Crippen LogP contribution is -2.22. The van der Waals surface area contributed by atoms with Gasteiger partial charge in [0.05, 0.1) is 3.74 Å². The lowest BCUT2D eigenvalue weighted by Gasteiger charge is -2.28. The molecule has 6 rings (SSSR count). The Morgan fingerprint density at radius 2 is 1.06 bits per heavy atom. The maximum atomic E-state index is 12.0. The minimum absolute atomic E-state index is 0.0378.